The van der Waals surface area contributed by atoms with Crippen LogP contribution in [0.15, 0.2) is 178 Å². The Hall–Kier alpha value is -8.02. The molecule has 0 saturated heterocycles. The number of nitrogens with zero attached hydrogens (tertiary/aromatic N) is 4. The molecule has 0 spiro atoms. The molecule has 0 aromatic heterocycles. The number of aromatic hydroxyl groups is 2. The van der Waals surface area contributed by atoms with E-state index in [9.17, 15) is 19.8 Å². The highest BCUT2D eigenvalue weighted by molar-refractivity contribution is 6.22. The minimum Gasteiger partial charge on any atom is -0.505 e. The average molecular weight is 791 g/mol. The van der Waals surface area contributed by atoms with Gasteiger partial charge in [0, 0.05) is 33.2 Å². The number of carbonyl (C=O) groups excluding carboxylic acids is 2. The van der Waals surface area contributed by atoms with E-state index >= 15 is 0 Å². The van der Waals surface area contributed by atoms with Gasteiger partial charge in [0.15, 0.2) is 11.5 Å². The van der Waals surface area contributed by atoms with Crippen LogP contribution in [0.25, 0.3) is 32.7 Å². The third kappa shape index (κ3) is 7.80. The molecule has 0 saturated carbocycles. The van der Waals surface area contributed by atoms with Crippen molar-refractivity contribution < 1.29 is 24.6 Å². The number of carbonyl (C=O) groups is 2. The standard InChI is InChI=1S/C47H32N6O5.C2H6/c54-44-30(27-58-53-32-15-5-2-6-16-32)23-28-11-7-9-17-35(28)42(44)51-49-33-19-21-37-38-22-20-34(26-40(38)45(55)39(37)25-33)50-52-43-36-18-10-8-12-29(36)24-41(46(43)56)47(57)48-31-13-3-1-4-14-31;1-2/h1-26,53-54,56H,27H2,(H,48,57);1-2H3. The van der Waals surface area contributed by atoms with Crippen LogP contribution in [0.4, 0.5) is 34.1 Å². The van der Waals surface area contributed by atoms with E-state index in [4.69, 9.17) is 4.84 Å². The second-order valence-corrected chi connectivity index (χ2v) is 13.6. The molecule has 0 aliphatic heterocycles. The van der Waals surface area contributed by atoms with Crippen LogP contribution < -0.4 is 10.8 Å². The maximum atomic E-state index is 13.8. The molecule has 4 N–H and O–H groups in total. The molecule has 8 aromatic rings. The van der Waals surface area contributed by atoms with Crippen LogP contribution in [0.2, 0.25) is 0 Å². The quantitative estimate of drug-likeness (QED) is 0.0797. The predicted octanol–water partition coefficient (Wildman–Crippen LogP) is 13.3. The molecule has 1 aliphatic carbocycles. The summed E-state index contributed by atoms with van der Waals surface area (Å²) in [4.78, 5) is 32.8. The summed E-state index contributed by atoms with van der Waals surface area (Å²) >= 11 is 0. The summed E-state index contributed by atoms with van der Waals surface area (Å²) in [5.74, 6) is -1.09. The number of hydrogen-bond donors (Lipinski definition) is 4. The minimum absolute atomic E-state index is 0.0466. The first kappa shape index (κ1) is 38.8. The number of para-hydroxylation sites is 2. The summed E-state index contributed by atoms with van der Waals surface area (Å²) < 4.78 is 0. The zero-order chi connectivity index (χ0) is 41.6. The lowest BCUT2D eigenvalue weighted by atomic mass is 10.0. The van der Waals surface area contributed by atoms with Gasteiger partial charge < -0.3 is 15.5 Å². The van der Waals surface area contributed by atoms with Crippen molar-refractivity contribution in [3.8, 4) is 22.6 Å². The highest BCUT2D eigenvalue weighted by Gasteiger charge is 2.27. The molecular formula is C49H38N6O5. The van der Waals surface area contributed by atoms with E-state index in [1.165, 1.54) is 0 Å². The molecule has 0 atom stereocenters. The molecule has 0 unspecified atom stereocenters. The normalized spacial score (nSPS) is 11.7. The van der Waals surface area contributed by atoms with E-state index in [0.29, 0.717) is 49.9 Å². The highest BCUT2D eigenvalue weighted by Crippen LogP contribution is 2.44. The van der Waals surface area contributed by atoms with Crippen LogP contribution in [0.5, 0.6) is 11.5 Å². The predicted molar refractivity (Wildman–Crippen MR) is 235 cm³/mol. The van der Waals surface area contributed by atoms with E-state index < -0.39 is 5.91 Å². The molecule has 11 heteroatoms. The van der Waals surface area contributed by atoms with Gasteiger partial charge in [0.25, 0.3) is 5.91 Å². The SMILES string of the molecule is CC.O=C1c2cc(N=Nc3c(O)c(CONc4ccccc4)cc4ccccc34)ccc2-c2ccc(N=Nc3c(O)c(C(=O)Nc4ccccc4)cc4ccccc34)cc21. The lowest BCUT2D eigenvalue weighted by molar-refractivity contribution is 0.102. The summed E-state index contributed by atoms with van der Waals surface area (Å²) in [5.41, 5.74) is 8.38. The topological polar surface area (TPSA) is 157 Å². The molecular weight excluding hydrogens is 753 g/mol. The van der Waals surface area contributed by atoms with E-state index in [1.54, 1.807) is 66.7 Å². The van der Waals surface area contributed by atoms with Crippen molar-refractivity contribution in [1.29, 1.82) is 0 Å². The Balaban J connectivity index is 0.00000246. The second-order valence-electron chi connectivity index (χ2n) is 13.6. The van der Waals surface area contributed by atoms with Gasteiger partial charge in [-0.05, 0) is 82.6 Å². The Morgan fingerprint density at radius 1 is 0.550 bits per heavy atom. The molecule has 60 heavy (non-hydrogen) atoms. The molecule has 8 aromatic carbocycles. The zero-order valence-corrected chi connectivity index (χ0v) is 32.6. The van der Waals surface area contributed by atoms with E-state index in [0.717, 1.165) is 22.2 Å². The van der Waals surface area contributed by atoms with Gasteiger partial charge >= 0.3 is 0 Å². The number of ketones is 1. The minimum atomic E-state index is -0.494. The Bertz CT molecular complexity index is 2970. The average Bonchev–Trinajstić information content (AvgIpc) is 3.56. The number of phenolic OH excluding ortho intramolecular Hbond substituents is 2. The number of hydrogen-bond acceptors (Lipinski definition) is 10. The number of fused-ring (bicyclic) bond motifs is 5. The molecule has 1 amide bonds. The summed E-state index contributed by atoms with van der Waals surface area (Å²) in [6.07, 6.45) is 0. The highest BCUT2D eigenvalue weighted by atomic mass is 16.6. The molecule has 0 radical (unpaired) electrons. The largest absolute Gasteiger partial charge is 0.505 e. The Morgan fingerprint density at radius 3 is 1.63 bits per heavy atom. The molecule has 9 rings (SSSR count). The van der Waals surface area contributed by atoms with E-state index in [-0.39, 0.29) is 40.8 Å². The zero-order valence-electron chi connectivity index (χ0n) is 32.6. The van der Waals surface area contributed by atoms with Crippen molar-refractivity contribution in [1.82, 2.24) is 0 Å². The number of anilines is 2. The smallest absolute Gasteiger partial charge is 0.259 e. The van der Waals surface area contributed by atoms with Crippen LogP contribution in [0.1, 0.15) is 45.7 Å². The maximum absolute atomic E-state index is 13.8. The van der Waals surface area contributed by atoms with Gasteiger partial charge in [-0.15, -0.1) is 10.2 Å². The molecule has 0 bridgehead atoms. The maximum Gasteiger partial charge on any atom is 0.259 e. The van der Waals surface area contributed by atoms with Crippen LogP contribution in [0, 0.1) is 0 Å². The molecule has 0 fully saturated rings. The van der Waals surface area contributed by atoms with Gasteiger partial charge in [-0.25, -0.2) is 0 Å². The third-order valence-corrected chi connectivity index (χ3v) is 9.85. The third-order valence-electron chi connectivity index (χ3n) is 9.85. The first-order valence-corrected chi connectivity index (χ1v) is 19.4. The Labute approximate surface area is 345 Å². The summed E-state index contributed by atoms with van der Waals surface area (Å²) in [6, 6.07) is 47.1. The van der Waals surface area contributed by atoms with Gasteiger partial charge in [-0.3, -0.25) is 19.9 Å². The van der Waals surface area contributed by atoms with Crippen molar-refractivity contribution in [2.45, 2.75) is 20.5 Å². The van der Waals surface area contributed by atoms with Crippen molar-refractivity contribution >= 4 is 67.4 Å². The fourth-order valence-corrected chi connectivity index (χ4v) is 7.00. The van der Waals surface area contributed by atoms with Crippen LogP contribution in [0.3, 0.4) is 0 Å². The molecule has 11 nitrogen and oxygen atoms in total. The summed E-state index contributed by atoms with van der Waals surface area (Å²) in [6.45, 7) is 4.07. The van der Waals surface area contributed by atoms with Crippen LogP contribution in [-0.2, 0) is 11.4 Å². The van der Waals surface area contributed by atoms with Crippen molar-refractivity contribution in [2.75, 3.05) is 10.8 Å². The number of amides is 1. The lowest BCUT2D eigenvalue weighted by Crippen LogP contribution is -2.12. The fourth-order valence-electron chi connectivity index (χ4n) is 7.00. The van der Waals surface area contributed by atoms with Gasteiger partial charge in [0.1, 0.15) is 23.7 Å². The summed E-state index contributed by atoms with van der Waals surface area (Å²) in [5, 5.41) is 46.1. The summed E-state index contributed by atoms with van der Waals surface area (Å²) in [7, 11) is 0. The second kappa shape index (κ2) is 17.2. The first-order valence-electron chi connectivity index (χ1n) is 19.4. The van der Waals surface area contributed by atoms with Gasteiger partial charge in [0.05, 0.1) is 22.6 Å². The van der Waals surface area contributed by atoms with Crippen LogP contribution in [-0.4, -0.2) is 21.9 Å². The Kier molecular flexibility index (Phi) is 11.1. The number of rotatable bonds is 10. The number of phenols is 2. The molecule has 0 heterocycles. The van der Waals surface area contributed by atoms with Crippen molar-refractivity contribution in [3.05, 3.63) is 180 Å². The van der Waals surface area contributed by atoms with Crippen molar-refractivity contribution in [2.24, 2.45) is 20.5 Å². The number of nitrogens with one attached hydrogen (secondary N) is 2. The Morgan fingerprint density at radius 2 is 1.05 bits per heavy atom. The first-order chi connectivity index (χ1) is 29.4. The van der Waals surface area contributed by atoms with E-state index in [1.807, 2.05) is 105 Å². The van der Waals surface area contributed by atoms with E-state index in [2.05, 4.69) is 31.3 Å². The van der Waals surface area contributed by atoms with Gasteiger partial charge in [-0.2, -0.15) is 10.2 Å². The monoisotopic (exact) mass is 790 g/mol. The number of benzene rings is 8. The van der Waals surface area contributed by atoms with Crippen LogP contribution >= 0.6 is 0 Å². The molecule has 1 aliphatic rings. The molecule has 294 valence electrons. The van der Waals surface area contributed by atoms with Crippen molar-refractivity contribution in [3.63, 3.8) is 0 Å². The van der Waals surface area contributed by atoms with Gasteiger partial charge in [-0.1, -0.05) is 111 Å². The number of azo groups is 2. The lowest BCUT2D eigenvalue weighted by Gasteiger charge is -2.12. The van der Waals surface area contributed by atoms with Gasteiger partial charge in [0.2, 0.25) is 0 Å². The fraction of sp³-hybridized carbons (Fsp3) is 0.0612.